The van der Waals surface area contributed by atoms with Crippen LogP contribution >= 0.6 is 0 Å². The number of nitrogens with one attached hydrogen (secondary N) is 2. The number of nitrogens with zero attached hydrogens (tertiary/aromatic N) is 5. The molecule has 0 bridgehead atoms. The zero-order chi connectivity index (χ0) is 33.5. The van der Waals surface area contributed by atoms with Crippen LogP contribution in [0.25, 0.3) is 11.3 Å². The quantitative estimate of drug-likeness (QED) is 0.227. The number of aromatic nitrogens is 2. The Hall–Kier alpha value is -4.88. The smallest absolute Gasteiger partial charge is 0.404 e. The highest BCUT2D eigenvalue weighted by molar-refractivity contribution is 6.03. The van der Waals surface area contributed by atoms with Gasteiger partial charge in [0.25, 0.3) is 5.91 Å². The summed E-state index contributed by atoms with van der Waals surface area (Å²) in [5.41, 5.74) is 7.65. The van der Waals surface area contributed by atoms with Crippen molar-refractivity contribution >= 4 is 23.7 Å². The van der Waals surface area contributed by atoms with Crippen LogP contribution in [0.1, 0.15) is 35.7 Å². The van der Waals surface area contributed by atoms with Gasteiger partial charge in [0, 0.05) is 77.1 Å². The topological polar surface area (TPSA) is 158 Å². The Kier molecular flexibility index (Phi) is 10.6. The number of amides is 3. The molecule has 2 fully saturated rings. The van der Waals surface area contributed by atoms with E-state index < -0.39 is 12.0 Å². The molecule has 0 spiro atoms. The fourth-order valence-electron chi connectivity index (χ4n) is 6.91. The molecule has 0 aliphatic carbocycles. The largest absolute Gasteiger partial charge is 0.465 e. The summed E-state index contributed by atoms with van der Waals surface area (Å²) in [5, 5.41) is 19.5. The van der Waals surface area contributed by atoms with Gasteiger partial charge in [-0.3, -0.25) is 19.4 Å². The summed E-state index contributed by atoms with van der Waals surface area (Å²) in [6, 6.07) is 17.2. The molecule has 254 valence electrons. The first-order valence-electron chi connectivity index (χ1n) is 16.7. The van der Waals surface area contributed by atoms with Gasteiger partial charge in [0.1, 0.15) is 28.6 Å². The van der Waals surface area contributed by atoms with E-state index in [1.165, 1.54) is 0 Å². The lowest BCUT2D eigenvalue weighted by molar-refractivity contribution is -0.127. The zero-order valence-electron chi connectivity index (χ0n) is 27.1. The van der Waals surface area contributed by atoms with E-state index in [1.807, 2.05) is 70.3 Å². The third-order valence-electron chi connectivity index (χ3n) is 9.50. The highest BCUT2D eigenvalue weighted by atomic mass is 16.5. The van der Waals surface area contributed by atoms with Gasteiger partial charge in [0.15, 0.2) is 0 Å². The summed E-state index contributed by atoms with van der Waals surface area (Å²) in [6.45, 7) is 7.45. The number of rotatable bonds is 11. The van der Waals surface area contributed by atoms with Crippen LogP contribution < -0.4 is 21.1 Å². The first-order valence-corrected chi connectivity index (χ1v) is 16.7. The molecule has 0 radical (unpaired) electrons. The van der Waals surface area contributed by atoms with Crippen molar-refractivity contribution in [3.8, 4) is 22.8 Å². The molecule has 5 N–H and O–H groups in total. The standard InChI is InChI=1S/C35H44N8O5/c36-33(45)31-32(26-8-10-28(11-9-26)48-27-5-2-1-3-6-27)39-43-29(12-15-37-34(31)43)25-13-18-42(19-14-25)30(44)7-4-17-40-21-23-41(24-22-40)20-16-38-35(46)47/h1-11,25,29,37-38H,12-24H2,(H2,36,45)(H,46,47)/b7-4+. The number of piperazine rings is 1. The minimum atomic E-state index is -0.993. The van der Waals surface area contributed by atoms with E-state index in [0.29, 0.717) is 61.5 Å². The zero-order valence-corrected chi connectivity index (χ0v) is 27.1. The molecule has 3 aliphatic rings. The summed E-state index contributed by atoms with van der Waals surface area (Å²) in [4.78, 5) is 42.9. The van der Waals surface area contributed by atoms with Gasteiger partial charge in [-0.1, -0.05) is 24.3 Å². The SMILES string of the molecule is NC(=O)c1c(-c2ccc(Oc3ccccc3)cc2)nn2c1NCCC2C1CCN(C(=O)/C=C/CN2CCN(CCNC(=O)O)CC2)CC1. The van der Waals surface area contributed by atoms with Crippen LogP contribution in [0.15, 0.2) is 66.7 Å². The maximum absolute atomic E-state index is 13.0. The van der Waals surface area contributed by atoms with Gasteiger partial charge in [-0.2, -0.15) is 5.10 Å². The van der Waals surface area contributed by atoms with Crippen molar-refractivity contribution in [2.75, 3.05) is 70.8 Å². The molecule has 13 heteroatoms. The maximum atomic E-state index is 13.0. The molecular weight excluding hydrogens is 612 g/mol. The molecule has 3 aliphatic heterocycles. The number of carbonyl (C=O) groups is 3. The number of hydrogen-bond donors (Lipinski definition) is 4. The Labute approximate surface area is 280 Å². The van der Waals surface area contributed by atoms with Gasteiger partial charge in [-0.05, 0) is 61.6 Å². The number of anilines is 1. The van der Waals surface area contributed by atoms with Crippen LogP contribution in [-0.4, -0.2) is 113 Å². The first-order chi connectivity index (χ1) is 23.4. The first kappa shape index (κ1) is 33.0. The van der Waals surface area contributed by atoms with Crippen LogP contribution in [-0.2, 0) is 4.79 Å². The van der Waals surface area contributed by atoms with E-state index in [1.54, 1.807) is 6.08 Å². The average molecular weight is 657 g/mol. The fourth-order valence-corrected chi connectivity index (χ4v) is 6.91. The number of para-hydroxylation sites is 1. The van der Waals surface area contributed by atoms with E-state index in [0.717, 1.165) is 63.3 Å². The van der Waals surface area contributed by atoms with Gasteiger partial charge in [0.2, 0.25) is 5.91 Å². The molecule has 1 unspecified atom stereocenters. The molecule has 0 saturated carbocycles. The lowest BCUT2D eigenvalue weighted by Crippen LogP contribution is -2.48. The number of primary amides is 1. The van der Waals surface area contributed by atoms with E-state index in [4.69, 9.17) is 20.7 Å². The number of ether oxygens (including phenoxy) is 1. The second-order valence-electron chi connectivity index (χ2n) is 12.5. The molecule has 4 heterocycles. The summed E-state index contributed by atoms with van der Waals surface area (Å²) < 4.78 is 7.89. The molecule has 6 rings (SSSR count). The third kappa shape index (κ3) is 7.97. The van der Waals surface area contributed by atoms with Crippen molar-refractivity contribution in [1.29, 1.82) is 0 Å². The molecule has 1 atom stereocenters. The Morgan fingerprint density at radius 2 is 1.62 bits per heavy atom. The average Bonchev–Trinajstić information content (AvgIpc) is 3.50. The molecule has 1 aromatic heterocycles. The van der Waals surface area contributed by atoms with Crippen molar-refractivity contribution in [2.24, 2.45) is 11.7 Å². The minimum absolute atomic E-state index is 0.0370. The van der Waals surface area contributed by atoms with Crippen LogP contribution in [0.3, 0.4) is 0 Å². The summed E-state index contributed by atoms with van der Waals surface area (Å²) in [6.07, 6.45) is 5.24. The number of nitrogens with two attached hydrogens (primary N) is 1. The number of hydrogen-bond acceptors (Lipinski definition) is 8. The van der Waals surface area contributed by atoms with Gasteiger partial charge in [-0.25, -0.2) is 9.48 Å². The van der Waals surface area contributed by atoms with Crippen LogP contribution in [0, 0.1) is 5.92 Å². The lowest BCUT2D eigenvalue weighted by Gasteiger charge is -2.38. The molecule has 48 heavy (non-hydrogen) atoms. The van der Waals surface area contributed by atoms with Gasteiger partial charge < -0.3 is 31.1 Å². The van der Waals surface area contributed by atoms with Crippen molar-refractivity contribution in [3.63, 3.8) is 0 Å². The van der Waals surface area contributed by atoms with E-state index in [-0.39, 0.29) is 11.9 Å². The Balaban J connectivity index is 1.03. The molecule has 3 amide bonds. The second-order valence-corrected chi connectivity index (χ2v) is 12.5. The number of piperidine rings is 1. The van der Waals surface area contributed by atoms with Crippen molar-refractivity contribution in [1.82, 2.24) is 29.8 Å². The Morgan fingerprint density at radius 3 is 2.31 bits per heavy atom. The van der Waals surface area contributed by atoms with Crippen LogP contribution in [0.2, 0.25) is 0 Å². The second kappa shape index (κ2) is 15.3. The van der Waals surface area contributed by atoms with Gasteiger partial charge >= 0.3 is 6.09 Å². The highest BCUT2D eigenvalue weighted by Crippen LogP contribution is 2.40. The molecule has 13 nitrogen and oxygen atoms in total. The van der Waals surface area contributed by atoms with Gasteiger partial charge in [-0.15, -0.1) is 0 Å². The van der Waals surface area contributed by atoms with E-state index >= 15 is 0 Å². The normalized spacial score (nSPS) is 19.1. The van der Waals surface area contributed by atoms with E-state index in [9.17, 15) is 14.4 Å². The predicted octanol–water partition coefficient (Wildman–Crippen LogP) is 3.48. The Bertz CT molecular complexity index is 1590. The number of carboxylic acid groups (broad SMARTS) is 1. The summed E-state index contributed by atoms with van der Waals surface area (Å²) in [5.74, 6) is 1.92. The highest BCUT2D eigenvalue weighted by Gasteiger charge is 2.35. The number of carbonyl (C=O) groups excluding carboxylic acids is 2. The number of likely N-dealkylation sites (tertiary alicyclic amines) is 1. The van der Waals surface area contributed by atoms with E-state index in [2.05, 4.69) is 20.4 Å². The monoisotopic (exact) mass is 656 g/mol. The fraction of sp³-hybridized carbons (Fsp3) is 0.429. The lowest BCUT2D eigenvalue weighted by atomic mass is 9.87. The number of benzene rings is 2. The maximum Gasteiger partial charge on any atom is 0.404 e. The summed E-state index contributed by atoms with van der Waals surface area (Å²) >= 11 is 0. The van der Waals surface area contributed by atoms with Crippen molar-refractivity contribution < 1.29 is 24.2 Å². The van der Waals surface area contributed by atoms with Gasteiger partial charge in [0.05, 0.1) is 6.04 Å². The molecule has 3 aromatic rings. The van der Waals surface area contributed by atoms with Crippen LogP contribution in [0.4, 0.5) is 10.6 Å². The minimum Gasteiger partial charge on any atom is -0.465 e. The molecular formula is C35H44N8O5. The summed E-state index contributed by atoms with van der Waals surface area (Å²) in [7, 11) is 0. The predicted molar refractivity (Wildman–Crippen MR) is 182 cm³/mol. The van der Waals surface area contributed by atoms with Crippen molar-refractivity contribution in [2.45, 2.75) is 25.3 Å². The third-order valence-corrected chi connectivity index (χ3v) is 9.50. The van der Waals surface area contributed by atoms with Crippen LogP contribution in [0.5, 0.6) is 11.5 Å². The van der Waals surface area contributed by atoms with Crippen molar-refractivity contribution in [3.05, 3.63) is 72.3 Å². The molecule has 2 saturated heterocycles. The number of fused-ring (bicyclic) bond motifs is 1. The Morgan fingerprint density at radius 1 is 0.938 bits per heavy atom. The molecule has 2 aromatic carbocycles.